The van der Waals surface area contributed by atoms with Crippen molar-refractivity contribution in [2.24, 2.45) is 0 Å². The number of fused-ring (bicyclic) bond motifs is 1. The van der Waals surface area contributed by atoms with E-state index in [1.54, 1.807) is 11.3 Å². The van der Waals surface area contributed by atoms with E-state index >= 15 is 0 Å². The molecule has 1 aromatic carbocycles. The van der Waals surface area contributed by atoms with Crippen LogP contribution >= 0.6 is 11.3 Å². The maximum Gasteiger partial charge on any atom is 0.0688 e. The predicted molar refractivity (Wildman–Crippen MR) is 71.3 cm³/mol. The van der Waals surface area contributed by atoms with Gasteiger partial charge in [-0.1, -0.05) is 18.2 Å². The van der Waals surface area contributed by atoms with E-state index in [1.165, 1.54) is 10.4 Å². The fraction of sp³-hybridized carbons (Fsp3) is 0.143. The van der Waals surface area contributed by atoms with E-state index in [0.29, 0.717) is 0 Å². The summed E-state index contributed by atoms with van der Waals surface area (Å²) in [6.07, 6.45) is 2.09. The van der Waals surface area contributed by atoms with Crippen LogP contribution in [-0.2, 0) is 13.2 Å². The molecule has 2 aromatic heterocycles. The van der Waals surface area contributed by atoms with Gasteiger partial charge >= 0.3 is 0 Å². The lowest BCUT2D eigenvalue weighted by Crippen LogP contribution is -1.95. The van der Waals surface area contributed by atoms with E-state index in [4.69, 9.17) is 0 Å². The Hall–Kier alpha value is -1.58. The van der Waals surface area contributed by atoms with Crippen LogP contribution in [-0.4, -0.2) is 9.67 Å². The second-order valence-electron chi connectivity index (χ2n) is 4.03. The molecule has 0 amide bonds. The molecule has 3 aromatic rings. The smallest absolute Gasteiger partial charge is 0.0688 e. The van der Waals surface area contributed by atoms with E-state index < -0.39 is 0 Å². The van der Waals surface area contributed by atoms with Crippen LogP contribution < -0.4 is 0 Å². The van der Waals surface area contributed by atoms with E-state index in [1.807, 2.05) is 12.1 Å². The minimum absolute atomic E-state index is 0.0976. The van der Waals surface area contributed by atoms with Gasteiger partial charge in [0.25, 0.3) is 0 Å². The number of aliphatic hydroxyl groups excluding tert-OH is 1. The van der Waals surface area contributed by atoms with Crippen molar-refractivity contribution in [2.75, 3.05) is 0 Å². The SMILES string of the molecule is OCc1cccc2c1ccn2Cc1cccs1. The van der Waals surface area contributed by atoms with Gasteiger partial charge in [0.15, 0.2) is 0 Å². The predicted octanol–water partition coefficient (Wildman–Crippen LogP) is 3.24. The molecule has 17 heavy (non-hydrogen) atoms. The molecule has 0 saturated carbocycles. The third-order valence-corrected chi connectivity index (χ3v) is 3.84. The van der Waals surface area contributed by atoms with Gasteiger partial charge in [0, 0.05) is 22.0 Å². The number of thiophene rings is 1. The van der Waals surface area contributed by atoms with Gasteiger partial charge in [-0.3, -0.25) is 0 Å². The van der Waals surface area contributed by atoms with Gasteiger partial charge < -0.3 is 9.67 Å². The van der Waals surface area contributed by atoms with Crippen molar-refractivity contribution in [3.05, 3.63) is 58.4 Å². The number of aliphatic hydroxyl groups is 1. The third-order valence-electron chi connectivity index (χ3n) is 2.98. The lowest BCUT2D eigenvalue weighted by Gasteiger charge is -2.04. The highest BCUT2D eigenvalue weighted by atomic mass is 32.1. The molecule has 0 aliphatic rings. The topological polar surface area (TPSA) is 25.2 Å². The van der Waals surface area contributed by atoms with Gasteiger partial charge in [-0.25, -0.2) is 0 Å². The third kappa shape index (κ3) is 1.88. The minimum atomic E-state index is 0.0976. The molecule has 0 spiro atoms. The first kappa shape index (κ1) is 10.6. The Morgan fingerprint density at radius 3 is 2.82 bits per heavy atom. The van der Waals surface area contributed by atoms with Gasteiger partial charge in [-0.15, -0.1) is 11.3 Å². The molecular weight excluding hydrogens is 230 g/mol. The second-order valence-corrected chi connectivity index (χ2v) is 5.06. The summed E-state index contributed by atoms with van der Waals surface area (Å²) in [6.45, 7) is 0.996. The average molecular weight is 243 g/mol. The fourth-order valence-corrected chi connectivity index (χ4v) is 2.84. The van der Waals surface area contributed by atoms with Gasteiger partial charge in [-0.05, 0) is 29.1 Å². The second kappa shape index (κ2) is 4.35. The molecule has 0 saturated heterocycles. The molecule has 0 fully saturated rings. The summed E-state index contributed by atoms with van der Waals surface area (Å²) in [5, 5.41) is 12.5. The van der Waals surface area contributed by atoms with Crippen molar-refractivity contribution in [3.63, 3.8) is 0 Å². The summed E-state index contributed by atoms with van der Waals surface area (Å²) in [5.41, 5.74) is 2.18. The molecule has 2 heterocycles. The molecule has 86 valence electrons. The van der Waals surface area contributed by atoms with Crippen molar-refractivity contribution >= 4 is 22.2 Å². The first-order chi connectivity index (χ1) is 8.38. The van der Waals surface area contributed by atoms with E-state index in [-0.39, 0.29) is 6.61 Å². The van der Waals surface area contributed by atoms with Crippen molar-refractivity contribution in [3.8, 4) is 0 Å². The Morgan fingerprint density at radius 2 is 2.06 bits per heavy atom. The summed E-state index contributed by atoms with van der Waals surface area (Å²) in [6, 6.07) is 12.4. The first-order valence-electron chi connectivity index (χ1n) is 5.58. The summed E-state index contributed by atoms with van der Waals surface area (Å²) in [5.74, 6) is 0. The zero-order valence-electron chi connectivity index (χ0n) is 9.34. The van der Waals surface area contributed by atoms with Gasteiger partial charge in [-0.2, -0.15) is 0 Å². The standard InChI is InChI=1S/C14H13NOS/c16-10-11-3-1-5-14-13(11)6-7-15(14)9-12-4-2-8-17-12/h1-8,16H,9-10H2. The molecule has 2 nitrogen and oxygen atoms in total. The summed E-state index contributed by atoms with van der Waals surface area (Å²) >= 11 is 1.77. The Balaban J connectivity index is 2.06. The van der Waals surface area contributed by atoms with Crippen molar-refractivity contribution in [1.82, 2.24) is 4.57 Å². The van der Waals surface area contributed by atoms with Gasteiger partial charge in [0.2, 0.25) is 0 Å². The number of rotatable bonds is 3. The van der Waals surface area contributed by atoms with E-state index in [2.05, 4.69) is 40.4 Å². The number of nitrogens with zero attached hydrogens (tertiary/aromatic N) is 1. The lowest BCUT2D eigenvalue weighted by atomic mass is 10.1. The highest BCUT2D eigenvalue weighted by Crippen LogP contribution is 2.22. The zero-order chi connectivity index (χ0) is 11.7. The minimum Gasteiger partial charge on any atom is -0.392 e. The molecule has 0 unspecified atom stereocenters. The maximum atomic E-state index is 9.29. The van der Waals surface area contributed by atoms with Crippen LogP contribution in [0.25, 0.3) is 10.9 Å². The largest absolute Gasteiger partial charge is 0.392 e. The fourth-order valence-electron chi connectivity index (χ4n) is 2.13. The maximum absolute atomic E-state index is 9.29. The number of aromatic nitrogens is 1. The van der Waals surface area contributed by atoms with Crippen molar-refractivity contribution < 1.29 is 5.11 Å². The Labute approximate surface area is 104 Å². The Bertz CT molecular complexity index is 625. The molecule has 0 bridgehead atoms. The van der Waals surface area contributed by atoms with Crippen LogP contribution in [0.1, 0.15) is 10.4 Å². The van der Waals surface area contributed by atoms with E-state index in [0.717, 1.165) is 17.5 Å². The van der Waals surface area contributed by atoms with Crippen molar-refractivity contribution in [1.29, 1.82) is 0 Å². The number of benzene rings is 1. The number of hydrogen-bond acceptors (Lipinski definition) is 2. The summed E-state index contributed by atoms with van der Waals surface area (Å²) in [7, 11) is 0. The van der Waals surface area contributed by atoms with Crippen molar-refractivity contribution in [2.45, 2.75) is 13.2 Å². The number of hydrogen-bond donors (Lipinski definition) is 1. The van der Waals surface area contributed by atoms with Crippen LogP contribution in [0.4, 0.5) is 0 Å². The molecule has 0 aliphatic heterocycles. The highest BCUT2D eigenvalue weighted by molar-refractivity contribution is 7.09. The molecule has 3 rings (SSSR count). The molecule has 0 radical (unpaired) electrons. The van der Waals surface area contributed by atoms with Crippen LogP contribution in [0.3, 0.4) is 0 Å². The van der Waals surface area contributed by atoms with E-state index in [9.17, 15) is 5.11 Å². The van der Waals surface area contributed by atoms with Gasteiger partial charge in [0.1, 0.15) is 0 Å². The zero-order valence-corrected chi connectivity index (χ0v) is 10.2. The molecule has 0 aliphatic carbocycles. The van der Waals surface area contributed by atoms with Crippen LogP contribution in [0.2, 0.25) is 0 Å². The monoisotopic (exact) mass is 243 g/mol. The molecule has 0 atom stereocenters. The quantitative estimate of drug-likeness (QED) is 0.750. The van der Waals surface area contributed by atoms with Crippen LogP contribution in [0, 0.1) is 0 Å². The Morgan fingerprint density at radius 1 is 1.12 bits per heavy atom. The average Bonchev–Trinajstić information content (AvgIpc) is 2.99. The van der Waals surface area contributed by atoms with Crippen LogP contribution in [0.5, 0.6) is 0 Å². The Kier molecular flexibility index (Phi) is 2.71. The molecule has 3 heteroatoms. The van der Waals surface area contributed by atoms with Crippen LogP contribution in [0.15, 0.2) is 48.0 Å². The normalized spacial score (nSPS) is 11.1. The molecule has 1 N–H and O–H groups in total. The summed E-state index contributed by atoms with van der Waals surface area (Å²) < 4.78 is 2.22. The first-order valence-corrected chi connectivity index (χ1v) is 6.46. The van der Waals surface area contributed by atoms with Gasteiger partial charge in [0.05, 0.1) is 13.2 Å². The highest BCUT2D eigenvalue weighted by Gasteiger charge is 2.05. The lowest BCUT2D eigenvalue weighted by molar-refractivity contribution is 0.283. The summed E-state index contributed by atoms with van der Waals surface area (Å²) in [4.78, 5) is 1.34. The molecular formula is C14H13NOS.